The molecule has 0 bridgehead atoms. The lowest BCUT2D eigenvalue weighted by atomic mass is 9.91. The highest BCUT2D eigenvalue weighted by Gasteiger charge is 2.23. The Hall–Kier alpha value is -2.99. The van der Waals surface area contributed by atoms with Crippen LogP contribution in [0.3, 0.4) is 0 Å². The zero-order valence-corrected chi connectivity index (χ0v) is 14.6. The lowest BCUT2D eigenvalue weighted by molar-refractivity contribution is 0.358. The monoisotopic (exact) mass is 367 g/mol. The second-order valence-electron chi connectivity index (χ2n) is 6.50. The van der Waals surface area contributed by atoms with Crippen molar-refractivity contribution in [2.75, 3.05) is 13.6 Å². The molecular formula is C21H16F3N3. The minimum Gasteiger partial charge on any atom is -0.298 e. The molecule has 27 heavy (non-hydrogen) atoms. The van der Waals surface area contributed by atoms with Crippen LogP contribution in [0.15, 0.2) is 54.7 Å². The van der Waals surface area contributed by atoms with Gasteiger partial charge in [0, 0.05) is 42.0 Å². The summed E-state index contributed by atoms with van der Waals surface area (Å²) < 4.78 is 43.1. The van der Waals surface area contributed by atoms with E-state index in [1.165, 1.54) is 18.3 Å². The van der Waals surface area contributed by atoms with Crippen LogP contribution < -0.4 is 0 Å². The van der Waals surface area contributed by atoms with Gasteiger partial charge in [0.2, 0.25) is 0 Å². The fraction of sp³-hybridized carbons (Fsp3) is 0.143. The molecule has 2 heterocycles. The zero-order chi connectivity index (χ0) is 19.0. The molecule has 1 aliphatic rings. The third-order valence-electron chi connectivity index (χ3n) is 4.64. The van der Waals surface area contributed by atoms with Crippen molar-refractivity contribution in [3.05, 3.63) is 88.9 Å². The van der Waals surface area contributed by atoms with Crippen molar-refractivity contribution < 1.29 is 13.2 Å². The summed E-state index contributed by atoms with van der Waals surface area (Å²) in [6.07, 6.45) is 3.36. The van der Waals surface area contributed by atoms with Gasteiger partial charge in [-0.25, -0.2) is 13.2 Å². The standard InChI is InChI=1S/C21H16F3N3/c1-27-10-8-15(16-5-4-13(22)11-19(16)23)14-6-7-17(21(24)18(14)12-27)20-3-2-9-25-26-20/h2-9,11H,10,12H2,1H3. The SMILES string of the molecule is CN1CC=C(c2ccc(F)cc2F)c2ccc(-c3cccnn3)c(F)c2C1. The van der Waals surface area contributed by atoms with Crippen LogP contribution in [0.25, 0.3) is 16.8 Å². The number of hydrogen-bond donors (Lipinski definition) is 0. The van der Waals surface area contributed by atoms with E-state index in [0.29, 0.717) is 41.0 Å². The maximum atomic E-state index is 15.4. The molecule has 1 aromatic heterocycles. The first-order valence-electron chi connectivity index (χ1n) is 8.48. The number of nitrogens with zero attached hydrogens (tertiary/aromatic N) is 3. The maximum absolute atomic E-state index is 15.4. The van der Waals surface area contributed by atoms with E-state index >= 15 is 4.39 Å². The number of benzene rings is 2. The lowest BCUT2D eigenvalue weighted by Crippen LogP contribution is -2.17. The summed E-state index contributed by atoms with van der Waals surface area (Å²) in [5, 5.41) is 7.79. The normalized spacial score (nSPS) is 14.4. The second kappa shape index (κ2) is 6.96. The molecule has 0 unspecified atom stereocenters. The van der Waals surface area contributed by atoms with Crippen LogP contribution in [0.2, 0.25) is 0 Å². The molecular weight excluding hydrogens is 351 g/mol. The highest BCUT2D eigenvalue weighted by Crippen LogP contribution is 2.35. The van der Waals surface area contributed by atoms with Gasteiger partial charge in [-0.05, 0) is 48.5 Å². The summed E-state index contributed by atoms with van der Waals surface area (Å²) in [6, 6.07) is 10.2. The Morgan fingerprint density at radius 1 is 0.963 bits per heavy atom. The first kappa shape index (κ1) is 17.4. The fourth-order valence-corrected chi connectivity index (χ4v) is 3.33. The number of aromatic nitrogens is 2. The first-order chi connectivity index (χ1) is 13.0. The Labute approximate surface area is 154 Å². The molecule has 0 N–H and O–H groups in total. The van der Waals surface area contributed by atoms with Crippen LogP contribution in [0.5, 0.6) is 0 Å². The van der Waals surface area contributed by atoms with E-state index in [-0.39, 0.29) is 5.56 Å². The third-order valence-corrected chi connectivity index (χ3v) is 4.64. The first-order valence-corrected chi connectivity index (χ1v) is 8.48. The smallest absolute Gasteiger partial charge is 0.137 e. The Balaban J connectivity index is 1.90. The van der Waals surface area contributed by atoms with Gasteiger partial charge in [0.25, 0.3) is 0 Å². The molecule has 1 aliphatic heterocycles. The van der Waals surface area contributed by atoms with Gasteiger partial charge >= 0.3 is 0 Å². The van der Waals surface area contributed by atoms with E-state index in [0.717, 1.165) is 6.07 Å². The summed E-state index contributed by atoms with van der Waals surface area (Å²) in [7, 11) is 1.86. The number of halogens is 3. The molecule has 136 valence electrons. The van der Waals surface area contributed by atoms with E-state index in [1.54, 1.807) is 24.3 Å². The average molecular weight is 367 g/mol. The summed E-state index contributed by atoms with van der Waals surface area (Å²) in [5.74, 6) is -1.72. The van der Waals surface area contributed by atoms with E-state index in [4.69, 9.17) is 0 Å². The fourth-order valence-electron chi connectivity index (χ4n) is 3.33. The van der Waals surface area contributed by atoms with Crippen molar-refractivity contribution in [2.45, 2.75) is 6.54 Å². The Kier molecular flexibility index (Phi) is 4.49. The number of hydrogen-bond acceptors (Lipinski definition) is 3. The number of fused-ring (bicyclic) bond motifs is 1. The summed E-state index contributed by atoms with van der Waals surface area (Å²) in [6.45, 7) is 0.874. The van der Waals surface area contributed by atoms with Gasteiger partial charge in [-0.1, -0.05) is 12.1 Å². The molecule has 4 rings (SSSR count). The van der Waals surface area contributed by atoms with Crippen molar-refractivity contribution in [3.63, 3.8) is 0 Å². The minimum atomic E-state index is -0.671. The Morgan fingerprint density at radius 3 is 2.48 bits per heavy atom. The molecule has 0 spiro atoms. The van der Waals surface area contributed by atoms with Gasteiger partial charge in [0.15, 0.2) is 0 Å². The molecule has 0 radical (unpaired) electrons. The molecule has 0 aliphatic carbocycles. The molecule has 0 fully saturated rings. The number of rotatable bonds is 2. The van der Waals surface area contributed by atoms with Crippen LogP contribution in [0.4, 0.5) is 13.2 Å². The van der Waals surface area contributed by atoms with Gasteiger partial charge in [0.05, 0.1) is 5.69 Å². The Bertz CT molecular complexity index is 1030. The van der Waals surface area contributed by atoms with Crippen molar-refractivity contribution >= 4 is 5.57 Å². The zero-order valence-electron chi connectivity index (χ0n) is 14.6. The van der Waals surface area contributed by atoms with E-state index in [2.05, 4.69) is 10.2 Å². The molecule has 0 saturated carbocycles. The van der Waals surface area contributed by atoms with Gasteiger partial charge in [0.1, 0.15) is 17.5 Å². The van der Waals surface area contributed by atoms with Crippen molar-refractivity contribution in [3.8, 4) is 11.3 Å². The third kappa shape index (κ3) is 3.24. The van der Waals surface area contributed by atoms with E-state index in [9.17, 15) is 8.78 Å². The molecule has 0 saturated heterocycles. The highest BCUT2D eigenvalue weighted by molar-refractivity contribution is 5.83. The second-order valence-corrected chi connectivity index (χ2v) is 6.50. The van der Waals surface area contributed by atoms with Crippen LogP contribution in [0.1, 0.15) is 16.7 Å². The molecule has 6 heteroatoms. The average Bonchev–Trinajstić information content (AvgIpc) is 2.82. The van der Waals surface area contributed by atoms with Gasteiger partial charge in [-0.2, -0.15) is 10.2 Å². The van der Waals surface area contributed by atoms with Crippen LogP contribution in [0, 0.1) is 17.5 Å². The van der Waals surface area contributed by atoms with Gasteiger partial charge in [-0.3, -0.25) is 4.90 Å². The Morgan fingerprint density at radius 2 is 1.74 bits per heavy atom. The van der Waals surface area contributed by atoms with E-state index in [1.807, 2.05) is 18.0 Å². The van der Waals surface area contributed by atoms with Crippen LogP contribution in [-0.4, -0.2) is 28.7 Å². The van der Waals surface area contributed by atoms with Crippen LogP contribution in [-0.2, 0) is 6.54 Å². The molecule has 3 aromatic rings. The topological polar surface area (TPSA) is 29.0 Å². The lowest BCUT2D eigenvalue weighted by Gasteiger charge is -2.17. The molecule has 0 amide bonds. The van der Waals surface area contributed by atoms with Crippen molar-refractivity contribution in [1.29, 1.82) is 0 Å². The molecule has 3 nitrogen and oxygen atoms in total. The van der Waals surface area contributed by atoms with Crippen LogP contribution >= 0.6 is 0 Å². The summed E-state index contributed by atoms with van der Waals surface area (Å²) in [5.41, 5.74) is 2.62. The quantitative estimate of drug-likeness (QED) is 0.671. The van der Waals surface area contributed by atoms with Gasteiger partial charge < -0.3 is 0 Å². The highest BCUT2D eigenvalue weighted by atomic mass is 19.1. The maximum Gasteiger partial charge on any atom is 0.137 e. The summed E-state index contributed by atoms with van der Waals surface area (Å²) in [4.78, 5) is 1.93. The van der Waals surface area contributed by atoms with Gasteiger partial charge in [-0.15, -0.1) is 0 Å². The minimum absolute atomic E-state index is 0.250. The van der Waals surface area contributed by atoms with Crippen molar-refractivity contribution in [2.24, 2.45) is 0 Å². The predicted molar refractivity (Wildman–Crippen MR) is 97.2 cm³/mol. The predicted octanol–water partition coefficient (Wildman–Crippen LogP) is 4.44. The largest absolute Gasteiger partial charge is 0.298 e. The van der Waals surface area contributed by atoms with Crippen molar-refractivity contribution in [1.82, 2.24) is 15.1 Å². The summed E-state index contributed by atoms with van der Waals surface area (Å²) >= 11 is 0. The molecule has 0 atom stereocenters. The number of likely N-dealkylation sites (N-methyl/N-ethyl adjacent to an activating group) is 1. The van der Waals surface area contributed by atoms with E-state index < -0.39 is 17.5 Å². The molecule has 2 aromatic carbocycles.